The minimum absolute atomic E-state index is 0.803. The molecule has 5 heteroatoms. The highest BCUT2D eigenvalue weighted by Crippen LogP contribution is 2.37. The average Bonchev–Trinajstić information content (AvgIpc) is 3.60. The van der Waals surface area contributed by atoms with Gasteiger partial charge in [-0.15, -0.1) is 0 Å². The Balaban J connectivity index is 1.40. The van der Waals surface area contributed by atoms with E-state index in [1.54, 1.807) is 0 Å². The molecule has 0 atom stereocenters. The Morgan fingerprint density at radius 3 is 1.91 bits per heavy atom. The average molecular weight is 564 g/mol. The summed E-state index contributed by atoms with van der Waals surface area (Å²) in [7, 11) is 0. The van der Waals surface area contributed by atoms with Crippen LogP contribution in [0.25, 0.3) is 77.9 Å². The Labute approximate surface area is 253 Å². The Kier molecular flexibility index (Phi) is 5.43. The molecule has 9 rings (SSSR count). The van der Waals surface area contributed by atoms with E-state index in [1.165, 1.54) is 0 Å². The maximum atomic E-state index is 5.43. The molecule has 0 saturated carbocycles. The maximum absolute atomic E-state index is 5.43. The lowest BCUT2D eigenvalue weighted by Gasteiger charge is -2.12. The van der Waals surface area contributed by atoms with E-state index in [0.29, 0.717) is 0 Å². The van der Waals surface area contributed by atoms with E-state index in [1.807, 2.05) is 30.5 Å². The molecular weight excluding hydrogens is 538 g/mol. The molecule has 0 amide bonds. The molecule has 5 aromatic heterocycles. The quantitative estimate of drug-likeness (QED) is 0.214. The second-order valence-corrected chi connectivity index (χ2v) is 11.0. The van der Waals surface area contributed by atoms with E-state index in [2.05, 4.69) is 130 Å². The summed E-state index contributed by atoms with van der Waals surface area (Å²) in [6, 6.07) is 50.4. The first-order chi connectivity index (χ1) is 21.8. The smallest absolute Gasteiger partial charge is 0.149 e. The van der Waals surface area contributed by atoms with Crippen LogP contribution in [-0.2, 0) is 0 Å². The highest BCUT2D eigenvalue weighted by atomic mass is 15.1. The van der Waals surface area contributed by atoms with Crippen molar-refractivity contribution in [3.05, 3.63) is 152 Å². The summed E-state index contributed by atoms with van der Waals surface area (Å²) < 4.78 is 4.47. The minimum Gasteiger partial charge on any atom is -0.308 e. The lowest BCUT2D eigenvalue weighted by molar-refractivity contribution is 1.06. The molecular formula is C39H25N5. The van der Waals surface area contributed by atoms with Crippen molar-refractivity contribution in [1.29, 1.82) is 0 Å². The number of hydrogen-bond acceptors (Lipinski definition) is 3. The number of hydrogen-bond donors (Lipinski definition) is 0. The topological polar surface area (TPSA) is 48.5 Å². The number of nitrogens with zero attached hydrogens (tertiary/aromatic N) is 5. The standard InChI is InChI=1S/C39H25N5/c1-4-13-26(14-5-1)28-23-32(27-15-6-2-7-16-27)41-36(24-28)44-34-21-12-22-40-37(34)31-25-35-38(42-39(31)44)30-19-10-11-20-33(30)43(35)29-17-8-3-9-18-29/h1-25H. The van der Waals surface area contributed by atoms with Crippen LogP contribution in [0.5, 0.6) is 0 Å². The maximum Gasteiger partial charge on any atom is 0.149 e. The minimum atomic E-state index is 0.803. The monoisotopic (exact) mass is 563 g/mol. The van der Waals surface area contributed by atoms with Gasteiger partial charge in [-0.25, -0.2) is 9.97 Å². The first-order valence-corrected chi connectivity index (χ1v) is 14.7. The van der Waals surface area contributed by atoms with Crippen molar-refractivity contribution < 1.29 is 0 Å². The number of fused-ring (bicyclic) bond motifs is 6. The fourth-order valence-corrected chi connectivity index (χ4v) is 6.38. The highest BCUT2D eigenvalue weighted by molar-refractivity contribution is 6.14. The number of aromatic nitrogens is 5. The van der Waals surface area contributed by atoms with Crippen LogP contribution in [-0.4, -0.2) is 24.1 Å². The fraction of sp³-hybridized carbons (Fsp3) is 0. The lowest BCUT2D eigenvalue weighted by Crippen LogP contribution is -2.01. The van der Waals surface area contributed by atoms with Gasteiger partial charge in [-0.1, -0.05) is 97.1 Å². The van der Waals surface area contributed by atoms with E-state index in [9.17, 15) is 0 Å². The number of para-hydroxylation sites is 2. The van der Waals surface area contributed by atoms with Crippen LogP contribution in [0.1, 0.15) is 0 Å². The third-order valence-electron chi connectivity index (χ3n) is 8.35. The van der Waals surface area contributed by atoms with Gasteiger partial charge in [-0.2, -0.15) is 0 Å². The van der Waals surface area contributed by atoms with Gasteiger partial charge in [-0.3, -0.25) is 9.55 Å². The van der Waals surface area contributed by atoms with Crippen molar-refractivity contribution in [2.45, 2.75) is 0 Å². The normalized spacial score (nSPS) is 11.6. The fourth-order valence-electron chi connectivity index (χ4n) is 6.38. The van der Waals surface area contributed by atoms with E-state index in [0.717, 1.165) is 77.9 Å². The van der Waals surface area contributed by atoms with Crippen molar-refractivity contribution in [3.63, 3.8) is 0 Å². The van der Waals surface area contributed by atoms with Crippen LogP contribution in [0.3, 0.4) is 0 Å². The second kappa shape index (κ2) is 9.75. The molecule has 0 saturated heterocycles. The zero-order chi connectivity index (χ0) is 29.0. The third kappa shape index (κ3) is 3.76. The summed E-state index contributed by atoms with van der Waals surface area (Å²) in [6.07, 6.45) is 1.85. The molecule has 0 aliphatic carbocycles. The molecule has 0 N–H and O–H groups in total. The van der Waals surface area contributed by atoms with Crippen molar-refractivity contribution in [1.82, 2.24) is 24.1 Å². The number of pyridine rings is 3. The predicted octanol–water partition coefficient (Wildman–Crippen LogP) is 9.40. The van der Waals surface area contributed by atoms with Crippen molar-refractivity contribution in [2.24, 2.45) is 0 Å². The van der Waals surface area contributed by atoms with Gasteiger partial charge in [0.05, 0.1) is 33.3 Å². The van der Waals surface area contributed by atoms with Crippen molar-refractivity contribution in [2.75, 3.05) is 0 Å². The largest absolute Gasteiger partial charge is 0.308 e. The first-order valence-electron chi connectivity index (χ1n) is 14.7. The number of rotatable bonds is 4. The Morgan fingerprint density at radius 2 is 1.11 bits per heavy atom. The molecule has 0 unspecified atom stereocenters. The molecule has 4 aromatic carbocycles. The summed E-state index contributed by atoms with van der Waals surface area (Å²) in [5.74, 6) is 0.803. The summed E-state index contributed by atoms with van der Waals surface area (Å²) >= 11 is 0. The van der Waals surface area contributed by atoms with Crippen molar-refractivity contribution >= 4 is 44.0 Å². The van der Waals surface area contributed by atoms with Crippen LogP contribution in [0.4, 0.5) is 0 Å². The van der Waals surface area contributed by atoms with Gasteiger partial charge in [0, 0.05) is 28.2 Å². The molecule has 0 fully saturated rings. The lowest BCUT2D eigenvalue weighted by atomic mass is 10.0. The molecule has 0 bridgehead atoms. The first kappa shape index (κ1) is 24.5. The number of benzene rings is 4. The molecule has 0 radical (unpaired) electrons. The molecule has 0 spiro atoms. The Bertz CT molecular complexity index is 2420. The van der Waals surface area contributed by atoms with Gasteiger partial charge >= 0.3 is 0 Å². The molecule has 0 aliphatic heterocycles. The molecule has 44 heavy (non-hydrogen) atoms. The van der Waals surface area contributed by atoms with Crippen molar-refractivity contribution in [3.8, 4) is 33.9 Å². The van der Waals surface area contributed by atoms with Gasteiger partial charge in [0.1, 0.15) is 11.5 Å². The van der Waals surface area contributed by atoms with Gasteiger partial charge < -0.3 is 4.57 Å². The van der Waals surface area contributed by atoms with E-state index < -0.39 is 0 Å². The van der Waals surface area contributed by atoms with Gasteiger partial charge in [0.15, 0.2) is 0 Å². The SMILES string of the molecule is c1ccc(-c2cc(-c3ccccc3)nc(-n3c4cccnc4c4cc5c(nc43)c3ccccc3n5-c3ccccc3)c2)cc1. The van der Waals surface area contributed by atoms with Crippen LogP contribution in [0, 0.1) is 0 Å². The molecule has 0 aliphatic rings. The third-order valence-corrected chi connectivity index (χ3v) is 8.35. The van der Waals surface area contributed by atoms with E-state index in [4.69, 9.17) is 15.0 Å². The van der Waals surface area contributed by atoms with Gasteiger partial charge in [-0.05, 0) is 59.7 Å². The van der Waals surface area contributed by atoms with Crippen LogP contribution < -0.4 is 0 Å². The van der Waals surface area contributed by atoms with Crippen LogP contribution in [0.2, 0.25) is 0 Å². The molecule has 206 valence electrons. The molecule has 5 nitrogen and oxygen atoms in total. The Hall–Kier alpha value is -6.07. The van der Waals surface area contributed by atoms with Crippen LogP contribution in [0.15, 0.2) is 152 Å². The Morgan fingerprint density at radius 1 is 0.432 bits per heavy atom. The summed E-state index contributed by atoms with van der Waals surface area (Å²) in [5, 5.41) is 2.09. The zero-order valence-electron chi connectivity index (χ0n) is 23.7. The molecule has 9 aromatic rings. The predicted molar refractivity (Wildman–Crippen MR) is 179 cm³/mol. The second-order valence-electron chi connectivity index (χ2n) is 11.0. The molecule has 5 heterocycles. The summed E-state index contributed by atoms with van der Waals surface area (Å²) in [4.78, 5) is 15.6. The highest BCUT2D eigenvalue weighted by Gasteiger charge is 2.21. The van der Waals surface area contributed by atoms with Gasteiger partial charge in [0.2, 0.25) is 0 Å². The van der Waals surface area contributed by atoms with Gasteiger partial charge in [0.25, 0.3) is 0 Å². The summed E-state index contributed by atoms with van der Waals surface area (Å²) in [5.41, 5.74) is 11.1. The summed E-state index contributed by atoms with van der Waals surface area (Å²) in [6.45, 7) is 0. The zero-order valence-corrected chi connectivity index (χ0v) is 23.7. The van der Waals surface area contributed by atoms with E-state index >= 15 is 0 Å². The van der Waals surface area contributed by atoms with E-state index in [-0.39, 0.29) is 0 Å². The van der Waals surface area contributed by atoms with Crippen LogP contribution >= 0.6 is 0 Å².